The maximum atomic E-state index is 10.2. The predicted octanol–water partition coefficient (Wildman–Crippen LogP) is 2.34. The van der Waals surface area contributed by atoms with E-state index in [1.807, 2.05) is 0 Å². The van der Waals surface area contributed by atoms with E-state index >= 15 is 0 Å². The highest BCUT2D eigenvalue weighted by Crippen LogP contribution is 2.55. The van der Waals surface area contributed by atoms with Crippen LogP contribution in [0, 0.1) is 11.3 Å². The van der Waals surface area contributed by atoms with Crippen LogP contribution in [0.2, 0.25) is 0 Å². The van der Waals surface area contributed by atoms with Crippen LogP contribution in [-0.4, -0.2) is 10.7 Å². The summed E-state index contributed by atoms with van der Waals surface area (Å²) >= 11 is 0. The number of hydrogen-bond donors (Lipinski definition) is 1. The molecule has 2 bridgehead atoms. The molecule has 0 aromatic heterocycles. The first-order valence-corrected chi connectivity index (χ1v) is 4.76. The summed E-state index contributed by atoms with van der Waals surface area (Å²) in [6, 6.07) is 0. The van der Waals surface area contributed by atoms with E-state index in [1.54, 1.807) is 0 Å². The highest BCUT2D eigenvalue weighted by molar-refractivity contribution is 5.04. The van der Waals surface area contributed by atoms with Crippen LogP contribution in [0.25, 0.3) is 0 Å². The van der Waals surface area contributed by atoms with E-state index in [9.17, 15) is 5.11 Å². The number of fused-ring (bicyclic) bond motifs is 2. The second-order valence-electron chi connectivity index (χ2n) is 5.08. The third-order valence-electron chi connectivity index (χ3n) is 3.89. The zero-order chi connectivity index (χ0) is 8.11. The lowest BCUT2D eigenvalue weighted by Gasteiger charge is -2.37. The summed E-state index contributed by atoms with van der Waals surface area (Å²) in [6.07, 6.45) is 5.94. The maximum Gasteiger partial charge on any atom is 0.0701 e. The van der Waals surface area contributed by atoms with Crippen molar-refractivity contribution < 1.29 is 5.11 Å². The summed E-state index contributed by atoms with van der Waals surface area (Å²) in [5.74, 6) is 0.823. The summed E-state index contributed by atoms with van der Waals surface area (Å²) < 4.78 is 0. The van der Waals surface area contributed by atoms with E-state index in [4.69, 9.17) is 0 Å². The molecule has 0 unspecified atom stereocenters. The average Bonchev–Trinajstić information content (AvgIpc) is 1.99. The molecule has 1 N–H and O–H groups in total. The lowest BCUT2D eigenvalue weighted by Crippen LogP contribution is -2.40. The van der Waals surface area contributed by atoms with Crippen molar-refractivity contribution >= 4 is 0 Å². The van der Waals surface area contributed by atoms with Crippen LogP contribution >= 0.6 is 0 Å². The molecule has 64 valence electrons. The average molecular weight is 154 g/mol. The van der Waals surface area contributed by atoms with Gasteiger partial charge in [-0.2, -0.15) is 0 Å². The van der Waals surface area contributed by atoms with E-state index in [0.717, 1.165) is 18.8 Å². The van der Waals surface area contributed by atoms with Crippen molar-refractivity contribution in [1.29, 1.82) is 0 Å². The van der Waals surface area contributed by atoms with Crippen LogP contribution in [0.4, 0.5) is 0 Å². The van der Waals surface area contributed by atoms with E-state index in [-0.39, 0.29) is 11.0 Å². The fourth-order valence-corrected chi connectivity index (χ4v) is 3.07. The quantitative estimate of drug-likeness (QED) is 0.568. The second kappa shape index (κ2) is 2.01. The lowest BCUT2D eigenvalue weighted by atomic mass is 9.75. The molecule has 0 heterocycles. The van der Waals surface area contributed by atoms with Gasteiger partial charge in [0.1, 0.15) is 0 Å². The zero-order valence-corrected chi connectivity index (χ0v) is 7.56. The fourth-order valence-electron chi connectivity index (χ4n) is 3.07. The van der Waals surface area contributed by atoms with E-state index in [1.165, 1.54) is 19.3 Å². The SMILES string of the molecule is CC1(C)C[C@H]2CCC[C@]1(O)C2. The second-order valence-corrected chi connectivity index (χ2v) is 5.08. The highest BCUT2D eigenvalue weighted by atomic mass is 16.3. The first-order valence-electron chi connectivity index (χ1n) is 4.76. The van der Waals surface area contributed by atoms with Crippen molar-refractivity contribution in [3.8, 4) is 0 Å². The summed E-state index contributed by atoms with van der Waals surface area (Å²) in [6.45, 7) is 4.44. The van der Waals surface area contributed by atoms with E-state index in [2.05, 4.69) is 13.8 Å². The van der Waals surface area contributed by atoms with Gasteiger partial charge >= 0.3 is 0 Å². The largest absolute Gasteiger partial charge is 0.389 e. The fraction of sp³-hybridized carbons (Fsp3) is 1.00. The van der Waals surface area contributed by atoms with Gasteiger partial charge in [0.05, 0.1) is 5.60 Å². The predicted molar refractivity (Wildman–Crippen MR) is 45.3 cm³/mol. The van der Waals surface area contributed by atoms with E-state index in [0.29, 0.717) is 0 Å². The number of rotatable bonds is 0. The molecule has 0 saturated heterocycles. The highest BCUT2D eigenvalue weighted by Gasteiger charge is 2.53. The minimum Gasteiger partial charge on any atom is -0.389 e. The topological polar surface area (TPSA) is 20.2 Å². The standard InChI is InChI=1S/C10H18O/c1-9(2)6-8-4-3-5-10(9,11)7-8/h8,11H,3-7H2,1-2H3/t8-,10+/m1/s1. The first kappa shape index (κ1) is 7.60. The third-order valence-corrected chi connectivity index (χ3v) is 3.89. The minimum atomic E-state index is -0.310. The molecule has 2 rings (SSSR count). The summed E-state index contributed by atoms with van der Waals surface area (Å²) in [5, 5.41) is 10.2. The van der Waals surface area contributed by atoms with Crippen LogP contribution in [0.5, 0.6) is 0 Å². The van der Waals surface area contributed by atoms with Crippen LogP contribution < -0.4 is 0 Å². The molecule has 2 aliphatic rings. The van der Waals surface area contributed by atoms with Crippen LogP contribution in [0.3, 0.4) is 0 Å². The number of hydrogen-bond acceptors (Lipinski definition) is 1. The van der Waals surface area contributed by atoms with Gasteiger partial charge in [-0.3, -0.25) is 0 Å². The van der Waals surface area contributed by atoms with Gasteiger partial charge in [0.15, 0.2) is 0 Å². The van der Waals surface area contributed by atoms with Crippen molar-refractivity contribution in [1.82, 2.24) is 0 Å². The zero-order valence-electron chi connectivity index (χ0n) is 7.56. The van der Waals surface area contributed by atoms with Gasteiger partial charge in [-0.25, -0.2) is 0 Å². The van der Waals surface area contributed by atoms with Crippen LogP contribution in [0.15, 0.2) is 0 Å². The Morgan fingerprint density at radius 1 is 1.27 bits per heavy atom. The lowest BCUT2D eigenvalue weighted by molar-refractivity contribution is -0.0564. The van der Waals surface area contributed by atoms with Gasteiger partial charge in [0.2, 0.25) is 0 Å². The van der Waals surface area contributed by atoms with Gasteiger partial charge < -0.3 is 5.11 Å². The molecule has 0 radical (unpaired) electrons. The van der Waals surface area contributed by atoms with E-state index < -0.39 is 0 Å². The van der Waals surface area contributed by atoms with Crippen molar-refractivity contribution in [3.05, 3.63) is 0 Å². The normalized spacial score (nSPS) is 47.7. The molecule has 2 aliphatic carbocycles. The van der Waals surface area contributed by atoms with Crippen molar-refractivity contribution in [2.45, 2.75) is 51.6 Å². The Kier molecular flexibility index (Phi) is 1.39. The molecule has 2 atom stereocenters. The third kappa shape index (κ3) is 0.936. The molecule has 0 amide bonds. The molecule has 2 fully saturated rings. The van der Waals surface area contributed by atoms with Crippen molar-refractivity contribution in [2.24, 2.45) is 11.3 Å². The summed E-state index contributed by atoms with van der Waals surface area (Å²) in [4.78, 5) is 0. The Morgan fingerprint density at radius 3 is 2.55 bits per heavy atom. The molecule has 0 aromatic carbocycles. The Balaban J connectivity index is 2.28. The summed E-state index contributed by atoms with van der Waals surface area (Å²) in [5.41, 5.74) is -0.121. The molecule has 1 nitrogen and oxygen atoms in total. The van der Waals surface area contributed by atoms with Gasteiger partial charge in [-0.05, 0) is 30.6 Å². The Bertz CT molecular complexity index is 172. The molecule has 11 heavy (non-hydrogen) atoms. The maximum absolute atomic E-state index is 10.2. The molecule has 0 aliphatic heterocycles. The molecule has 0 spiro atoms. The Labute approximate surface area is 68.8 Å². The smallest absolute Gasteiger partial charge is 0.0701 e. The Morgan fingerprint density at radius 2 is 2.00 bits per heavy atom. The van der Waals surface area contributed by atoms with Crippen LogP contribution in [-0.2, 0) is 0 Å². The van der Waals surface area contributed by atoms with Gasteiger partial charge in [-0.15, -0.1) is 0 Å². The monoisotopic (exact) mass is 154 g/mol. The molecule has 2 saturated carbocycles. The van der Waals surface area contributed by atoms with Gasteiger partial charge in [0, 0.05) is 0 Å². The van der Waals surface area contributed by atoms with Crippen molar-refractivity contribution in [3.63, 3.8) is 0 Å². The van der Waals surface area contributed by atoms with Gasteiger partial charge in [-0.1, -0.05) is 26.7 Å². The minimum absolute atomic E-state index is 0.189. The molecule has 0 aromatic rings. The van der Waals surface area contributed by atoms with Crippen molar-refractivity contribution in [2.75, 3.05) is 0 Å². The summed E-state index contributed by atoms with van der Waals surface area (Å²) in [7, 11) is 0. The first-order chi connectivity index (χ1) is 5.04. The molecule has 1 heteroatoms. The van der Waals surface area contributed by atoms with Crippen LogP contribution in [0.1, 0.15) is 46.0 Å². The number of aliphatic hydroxyl groups is 1. The van der Waals surface area contributed by atoms with Gasteiger partial charge in [0.25, 0.3) is 0 Å². The molecular weight excluding hydrogens is 136 g/mol. The Hall–Kier alpha value is -0.0400. The molecular formula is C10H18O.